The summed E-state index contributed by atoms with van der Waals surface area (Å²) in [7, 11) is -3.39. The van der Waals surface area contributed by atoms with Gasteiger partial charge in [0, 0.05) is 17.6 Å². The Labute approximate surface area is 130 Å². The molecule has 0 spiro atoms. The molecule has 3 nitrogen and oxygen atoms in total. The maximum Gasteiger partial charge on any atom is 0.243 e. The van der Waals surface area contributed by atoms with Gasteiger partial charge in [0.1, 0.15) is 0 Å². The molecule has 1 heterocycles. The third-order valence-electron chi connectivity index (χ3n) is 3.91. The van der Waals surface area contributed by atoms with Crippen LogP contribution >= 0.6 is 15.9 Å². The van der Waals surface area contributed by atoms with Crippen molar-refractivity contribution in [2.24, 2.45) is 11.8 Å². The first kappa shape index (κ1) is 16.0. The van der Waals surface area contributed by atoms with Crippen LogP contribution in [-0.2, 0) is 10.0 Å². The first-order valence-corrected chi connectivity index (χ1v) is 9.22. The lowest BCUT2D eigenvalue weighted by Crippen LogP contribution is -2.42. The third-order valence-corrected chi connectivity index (χ3v) is 6.74. The van der Waals surface area contributed by atoms with Gasteiger partial charge in [-0.05, 0) is 55.4 Å². The molecule has 1 saturated heterocycles. The summed E-state index contributed by atoms with van der Waals surface area (Å²) in [5.74, 6) is 0.843. The predicted molar refractivity (Wildman–Crippen MR) is 85.3 cm³/mol. The van der Waals surface area contributed by atoms with E-state index in [0.29, 0.717) is 29.8 Å². The van der Waals surface area contributed by atoms with E-state index in [1.807, 2.05) is 19.9 Å². The maximum atomic E-state index is 12.9. The first-order valence-electron chi connectivity index (χ1n) is 6.98. The quantitative estimate of drug-likeness (QED) is 0.806. The molecule has 0 N–H and O–H groups in total. The maximum absolute atomic E-state index is 12.9. The lowest BCUT2D eigenvalue weighted by Gasteiger charge is -2.34. The summed E-state index contributed by atoms with van der Waals surface area (Å²) < 4.78 is 28.4. The van der Waals surface area contributed by atoms with Gasteiger partial charge < -0.3 is 0 Å². The molecule has 112 valence electrons. The van der Waals surface area contributed by atoms with Crippen LogP contribution in [0.25, 0.3) is 0 Å². The second-order valence-electron chi connectivity index (χ2n) is 6.13. The summed E-state index contributed by atoms with van der Waals surface area (Å²) in [6.07, 6.45) is 1.10. The summed E-state index contributed by atoms with van der Waals surface area (Å²) in [5.41, 5.74) is 1.75. The number of rotatable bonds is 2. The van der Waals surface area contributed by atoms with Gasteiger partial charge in [-0.1, -0.05) is 29.8 Å². The van der Waals surface area contributed by atoms with E-state index in [4.69, 9.17) is 0 Å². The van der Waals surface area contributed by atoms with Crippen LogP contribution in [0.1, 0.15) is 31.4 Å². The zero-order valence-corrected chi connectivity index (χ0v) is 14.9. The number of hydrogen-bond donors (Lipinski definition) is 0. The van der Waals surface area contributed by atoms with E-state index in [2.05, 4.69) is 29.8 Å². The molecule has 1 fully saturated rings. The average Bonchev–Trinajstić information content (AvgIpc) is 2.32. The molecule has 5 heteroatoms. The number of hydrogen-bond acceptors (Lipinski definition) is 2. The van der Waals surface area contributed by atoms with Gasteiger partial charge in [-0.25, -0.2) is 8.42 Å². The van der Waals surface area contributed by atoms with Crippen LogP contribution in [-0.4, -0.2) is 25.8 Å². The molecule has 1 aromatic carbocycles. The molecule has 2 unspecified atom stereocenters. The zero-order valence-electron chi connectivity index (χ0n) is 12.5. The van der Waals surface area contributed by atoms with E-state index in [1.54, 1.807) is 10.4 Å². The topological polar surface area (TPSA) is 37.4 Å². The highest BCUT2D eigenvalue weighted by molar-refractivity contribution is 9.10. The van der Waals surface area contributed by atoms with Crippen molar-refractivity contribution in [3.63, 3.8) is 0 Å². The van der Waals surface area contributed by atoms with E-state index >= 15 is 0 Å². The van der Waals surface area contributed by atoms with Crippen molar-refractivity contribution >= 4 is 26.0 Å². The Morgan fingerprint density at radius 1 is 1.10 bits per heavy atom. The number of nitrogens with zero attached hydrogens (tertiary/aromatic N) is 1. The van der Waals surface area contributed by atoms with E-state index in [0.717, 1.165) is 22.0 Å². The van der Waals surface area contributed by atoms with Gasteiger partial charge in [0.2, 0.25) is 10.0 Å². The second-order valence-corrected chi connectivity index (χ2v) is 8.90. The fraction of sp³-hybridized carbons (Fsp3) is 0.600. The van der Waals surface area contributed by atoms with E-state index in [1.165, 1.54) is 0 Å². The van der Waals surface area contributed by atoms with Crippen molar-refractivity contribution in [3.05, 3.63) is 27.7 Å². The van der Waals surface area contributed by atoms with Crippen LogP contribution in [0.15, 0.2) is 21.5 Å². The molecule has 0 bridgehead atoms. The minimum Gasteiger partial charge on any atom is -0.207 e. The molecule has 1 aromatic rings. The molecule has 20 heavy (non-hydrogen) atoms. The van der Waals surface area contributed by atoms with Gasteiger partial charge >= 0.3 is 0 Å². The Morgan fingerprint density at radius 2 is 1.65 bits per heavy atom. The van der Waals surface area contributed by atoms with Crippen LogP contribution in [0.2, 0.25) is 0 Å². The molecule has 2 rings (SSSR count). The summed E-state index contributed by atoms with van der Waals surface area (Å²) in [6, 6.07) is 3.66. The number of aryl methyl sites for hydroxylation is 2. The molecule has 1 aliphatic rings. The van der Waals surface area contributed by atoms with Crippen LogP contribution in [0, 0.1) is 25.7 Å². The van der Waals surface area contributed by atoms with E-state index in [-0.39, 0.29) is 0 Å². The van der Waals surface area contributed by atoms with Crippen molar-refractivity contribution in [2.45, 2.75) is 39.0 Å². The van der Waals surface area contributed by atoms with Gasteiger partial charge in [0.25, 0.3) is 0 Å². The Bertz CT molecular complexity index is 603. The van der Waals surface area contributed by atoms with Gasteiger partial charge in [-0.15, -0.1) is 0 Å². The fourth-order valence-electron chi connectivity index (χ4n) is 2.97. The molecular weight excluding hydrogens is 338 g/mol. The van der Waals surface area contributed by atoms with Gasteiger partial charge in [0.05, 0.1) is 4.90 Å². The minimum absolute atomic E-state index is 0.422. The monoisotopic (exact) mass is 359 g/mol. The van der Waals surface area contributed by atoms with Crippen molar-refractivity contribution in [1.29, 1.82) is 0 Å². The third kappa shape index (κ3) is 3.10. The van der Waals surface area contributed by atoms with Crippen LogP contribution < -0.4 is 0 Å². The largest absolute Gasteiger partial charge is 0.243 e. The fourth-order valence-corrected chi connectivity index (χ4v) is 5.40. The minimum atomic E-state index is -3.39. The predicted octanol–water partition coefficient (Wildman–Crippen LogP) is 3.73. The normalized spacial score (nSPS) is 24.9. The number of sulfonamides is 1. The molecule has 0 amide bonds. The molecule has 0 radical (unpaired) electrons. The first-order chi connectivity index (χ1) is 9.21. The number of halogens is 1. The molecule has 0 saturated carbocycles. The SMILES string of the molecule is Cc1cc(S(=O)(=O)N2CC(C)CC(C)C2)c(C)cc1Br. The van der Waals surface area contributed by atoms with E-state index < -0.39 is 10.0 Å². The highest BCUT2D eigenvalue weighted by Crippen LogP contribution is 2.30. The van der Waals surface area contributed by atoms with Crippen molar-refractivity contribution in [3.8, 4) is 0 Å². The van der Waals surface area contributed by atoms with Crippen molar-refractivity contribution in [2.75, 3.05) is 13.1 Å². The highest BCUT2D eigenvalue weighted by atomic mass is 79.9. The molecule has 1 aliphatic heterocycles. The summed E-state index contributed by atoms with van der Waals surface area (Å²) >= 11 is 3.45. The smallest absolute Gasteiger partial charge is 0.207 e. The van der Waals surface area contributed by atoms with Crippen molar-refractivity contribution < 1.29 is 8.42 Å². The van der Waals surface area contributed by atoms with Crippen LogP contribution in [0.4, 0.5) is 0 Å². The molecular formula is C15H22BrNO2S. The Hall–Kier alpha value is -0.390. The van der Waals surface area contributed by atoms with E-state index in [9.17, 15) is 8.42 Å². The Kier molecular flexibility index (Phi) is 4.62. The Balaban J connectivity index is 2.42. The van der Waals surface area contributed by atoms with Crippen LogP contribution in [0.5, 0.6) is 0 Å². The Morgan fingerprint density at radius 3 is 2.20 bits per heavy atom. The molecule has 0 aliphatic carbocycles. The number of benzene rings is 1. The standard InChI is InChI=1S/C15H22BrNO2S/c1-10-5-11(2)9-17(8-10)20(18,19)15-7-12(3)14(16)6-13(15)4/h6-7,10-11H,5,8-9H2,1-4H3. The number of piperidine rings is 1. The zero-order chi connectivity index (χ0) is 15.1. The molecule has 0 aromatic heterocycles. The lowest BCUT2D eigenvalue weighted by molar-refractivity contribution is 0.222. The highest BCUT2D eigenvalue weighted by Gasteiger charge is 2.32. The van der Waals surface area contributed by atoms with Gasteiger partial charge in [-0.2, -0.15) is 4.31 Å². The van der Waals surface area contributed by atoms with Crippen molar-refractivity contribution in [1.82, 2.24) is 4.31 Å². The summed E-state index contributed by atoms with van der Waals surface area (Å²) in [5, 5.41) is 0. The molecule has 2 atom stereocenters. The summed E-state index contributed by atoms with van der Waals surface area (Å²) in [6.45, 7) is 9.27. The lowest BCUT2D eigenvalue weighted by atomic mass is 9.94. The summed E-state index contributed by atoms with van der Waals surface area (Å²) in [4.78, 5) is 0.444. The van der Waals surface area contributed by atoms with Gasteiger partial charge in [-0.3, -0.25) is 0 Å². The second kappa shape index (κ2) is 5.78. The van der Waals surface area contributed by atoms with Gasteiger partial charge in [0.15, 0.2) is 0 Å². The average molecular weight is 360 g/mol. The van der Waals surface area contributed by atoms with Crippen LogP contribution in [0.3, 0.4) is 0 Å².